The normalized spacial score (nSPS) is 10.6. The predicted molar refractivity (Wildman–Crippen MR) is 79.6 cm³/mol. The number of hydrogen-bond donors (Lipinski definition) is 2. The Hall–Kier alpha value is -2.30. The van der Waals surface area contributed by atoms with Crippen molar-refractivity contribution >= 4 is 5.84 Å². The quantitative estimate of drug-likeness (QED) is 0.661. The third kappa shape index (κ3) is 2.52. The molecule has 0 aliphatic heterocycles. The lowest BCUT2D eigenvalue weighted by Crippen LogP contribution is -2.13. The first-order valence-electron chi connectivity index (χ1n) is 6.46. The van der Waals surface area contributed by atoms with E-state index in [4.69, 9.17) is 15.9 Å². The second kappa shape index (κ2) is 5.36. The van der Waals surface area contributed by atoms with Crippen molar-refractivity contribution in [2.75, 3.05) is 7.11 Å². The number of nitrogen functional groups attached to an aromatic ring is 1. The summed E-state index contributed by atoms with van der Waals surface area (Å²) >= 11 is 0. The van der Waals surface area contributed by atoms with Gasteiger partial charge in [0.15, 0.2) is 0 Å². The van der Waals surface area contributed by atoms with Gasteiger partial charge in [0, 0.05) is 5.69 Å². The zero-order valence-corrected chi connectivity index (χ0v) is 12.3. The Morgan fingerprint density at radius 3 is 2.55 bits per heavy atom. The lowest BCUT2D eigenvalue weighted by atomic mass is 10.1. The molecular weight excluding hydrogens is 252 g/mol. The average Bonchev–Trinajstić information content (AvgIpc) is 2.66. The zero-order chi connectivity index (χ0) is 14.9. The van der Waals surface area contributed by atoms with Crippen LogP contribution in [0.15, 0.2) is 18.2 Å². The molecule has 0 radical (unpaired) electrons. The van der Waals surface area contributed by atoms with Gasteiger partial charge >= 0.3 is 0 Å². The molecule has 0 aliphatic rings. The Labute approximate surface area is 118 Å². The van der Waals surface area contributed by atoms with Crippen molar-refractivity contribution < 1.29 is 4.74 Å². The maximum Gasteiger partial charge on any atom is 0.129 e. The van der Waals surface area contributed by atoms with Gasteiger partial charge in [-0.15, -0.1) is 0 Å². The average molecular weight is 272 g/mol. The van der Waals surface area contributed by atoms with Crippen LogP contribution in [0.4, 0.5) is 0 Å². The van der Waals surface area contributed by atoms with Crippen molar-refractivity contribution in [2.24, 2.45) is 5.73 Å². The predicted octanol–water partition coefficient (Wildman–Crippen LogP) is 2.15. The summed E-state index contributed by atoms with van der Waals surface area (Å²) < 4.78 is 7.18. The van der Waals surface area contributed by atoms with E-state index in [0.29, 0.717) is 17.9 Å². The maximum atomic E-state index is 7.61. The summed E-state index contributed by atoms with van der Waals surface area (Å²) in [7, 11) is 1.58. The van der Waals surface area contributed by atoms with Crippen LogP contribution in [0.3, 0.4) is 0 Å². The standard InChI is InChI=1S/C15H20N4O/c1-9-10(2)18-19(11(9)3)8-12-5-6-14(20-4)13(7-12)15(16)17/h5-7H,8H2,1-4H3,(H3,16,17). The van der Waals surface area contributed by atoms with Gasteiger partial charge in [0.2, 0.25) is 0 Å². The van der Waals surface area contributed by atoms with Crippen LogP contribution in [0, 0.1) is 26.2 Å². The maximum absolute atomic E-state index is 7.61. The molecule has 1 heterocycles. The van der Waals surface area contributed by atoms with Crippen LogP contribution in [0.2, 0.25) is 0 Å². The molecule has 2 aromatic rings. The van der Waals surface area contributed by atoms with E-state index in [0.717, 1.165) is 17.0 Å². The highest BCUT2D eigenvalue weighted by molar-refractivity contribution is 5.97. The van der Waals surface area contributed by atoms with Crippen LogP contribution in [0.25, 0.3) is 0 Å². The van der Waals surface area contributed by atoms with Crippen molar-refractivity contribution in [3.8, 4) is 5.75 Å². The number of nitrogens with zero attached hydrogens (tertiary/aromatic N) is 2. The molecule has 3 N–H and O–H groups in total. The molecule has 0 amide bonds. The SMILES string of the molecule is COc1ccc(Cn2nc(C)c(C)c2C)cc1C(=N)N. The first kappa shape index (κ1) is 14.1. The highest BCUT2D eigenvalue weighted by Crippen LogP contribution is 2.21. The minimum absolute atomic E-state index is 0.00764. The van der Waals surface area contributed by atoms with Crippen molar-refractivity contribution in [3.05, 3.63) is 46.3 Å². The fourth-order valence-electron chi connectivity index (χ4n) is 2.18. The van der Waals surface area contributed by atoms with Gasteiger partial charge in [-0.25, -0.2) is 0 Å². The van der Waals surface area contributed by atoms with Gasteiger partial charge in [0.25, 0.3) is 0 Å². The molecule has 0 bridgehead atoms. The number of rotatable bonds is 4. The summed E-state index contributed by atoms with van der Waals surface area (Å²) in [5, 5.41) is 12.1. The zero-order valence-electron chi connectivity index (χ0n) is 12.3. The molecule has 20 heavy (non-hydrogen) atoms. The smallest absolute Gasteiger partial charge is 0.129 e. The van der Waals surface area contributed by atoms with E-state index in [1.165, 1.54) is 5.56 Å². The Morgan fingerprint density at radius 1 is 1.35 bits per heavy atom. The van der Waals surface area contributed by atoms with Crippen LogP contribution in [-0.2, 0) is 6.54 Å². The molecule has 0 aliphatic carbocycles. The second-order valence-corrected chi connectivity index (χ2v) is 4.90. The third-order valence-electron chi connectivity index (χ3n) is 3.63. The van der Waals surface area contributed by atoms with E-state index < -0.39 is 0 Å². The van der Waals surface area contributed by atoms with E-state index in [1.54, 1.807) is 7.11 Å². The summed E-state index contributed by atoms with van der Waals surface area (Å²) in [5.74, 6) is 0.624. The van der Waals surface area contributed by atoms with Gasteiger partial charge in [0.1, 0.15) is 11.6 Å². The van der Waals surface area contributed by atoms with Crippen LogP contribution < -0.4 is 10.5 Å². The third-order valence-corrected chi connectivity index (χ3v) is 3.63. The van der Waals surface area contributed by atoms with Crippen molar-refractivity contribution in [1.29, 1.82) is 5.41 Å². The fraction of sp³-hybridized carbons (Fsp3) is 0.333. The summed E-state index contributed by atoms with van der Waals surface area (Å²) in [6.45, 7) is 6.80. The molecule has 0 saturated carbocycles. The largest absolute Gasteiger partial charge is 0.496 e. The van der Waals surface area contributed by atoms with Gasteiger partial charge < -0.3 is 10.5 Å². The van der Waals surface area contributed by atoms with Gasteiger partial charge in [-0.1, -0.05) is 6.07 Å². The number of aryl methyl sites for hydroxylation is 1. The Morgan fingerprint density at radius 2 is 2.05 bits per heavy atom. The summed E-state index contributed by atoms with van der Waals surface area (Å²) in [5.41, 5.74) is 10.7. The van der Waals surface area contributed by atoms with Crippen LogP contribution in [-0.4, -0.2) is 22.7 Å². The summed E-state index contributed by atoms with van der Waals surface area (Å²) in [6.07, 6.45) is 0. The first-order chi connectivity index (χ1) is 9.43. The van der Waals surface area contributed by atoms with Gasteiger partial charge in [-0.2, -0.15) is 5.10 Å². The number of ether oxygens (including phenoxy) is 1. The number of methoxy groups -OCH3 is 1. The van der Waals surface area contributed by atoms with Gasteiger partial charge in [-0.05, 0) is 44.0 Å². The molecule has 0 spiro atoms. The minimum Gasteiger partial charge on any atom is -0.496 e. The highest BCUT2D eigenvalue weighted by atomic mass is 16.5. The van der Waals surface area contributed by atoms with Crippen LogP contribution >= 0.6 is 0 Å². The van der Waals surface area contributed by atoms with Crippen molar-refractivity contribution in [3.63, 3.8) is 0 Å². The molecule has 0 saturated heterocycles. The second-order valence-electron chi connectivity index (χ2n) is 4.90. The summed E-state index contributed by atoms with van der Waals surface area (Å²) in [4.78, 5) is 0. The molecule has 2 rings (SSSR count). The summed E-state index contributed by atoms with van der Waals surface area (Å²) in [6, 6.07) is 5.69. The Bertz CT molecular complexity index is 658. The number of nitrogens with one attached hydrogen (secondary N) is 1. The first-order valence-corrected chi connectivity index (χ1v) is 6.46. The number of benzene rings is 1. The molecule has 1 aromatic heterocycles. The van der Waals surface area contributed by atoms with Crippen LogP contribution in [0.5, 0.6) is 5.75 Å². The molecule has 5 nitrogen and oxygen atoms in total. The number of hydrogen-bond acceptors (Lipinski definition) is 3. The van der Waals surface area contributed by atoms with E-state index in [1.807, 2.05) is 29.8 Å². The van der Waals surface area contributed by atoms with Gasteiger partial charge in [0.05, 0.1) is 24.9 Å². The number of nitrogens with two attached hydrogens (primary N) is 1. The Balaban J connectivity index is 2.36. The monoisotopic (exact) mass is 272 g/mol. The lowest BCUT2D eigenvalue weighted by Gasteiger charge is -2.10. The fourth-order valence-corrected chi connectivity index (χ4v) is 2.18. The van der Waals surface area contributed by atoms with Gasteiger partial charge in [-0.3, -0.25) is 10.1 Å². The number of amidine groups is 1. The minimum atomic E-state index is 0.00764. The topological polar surface area (TPSA) is 76.9 Å². The molecule has 1 aromatic carbocycles. The molecule has 0 fully saturated rings. The Kier molecular flexibility index (Phi) is 3.79. The molecule has 106 valence electrons. The van der Waals surface area contributed by atoms with Crippen molar-refractivity contribution in [2.45, 2.75) is 27.3 Å². The molecular formula is C15H20N4O. The molecule has 5 heteroatoms. The van der Waals surface area contributed by atoms with Crippen LogP contribution in [0.1, 0.15) is 28.1 Å². The molecule has 0 unspecified atom stereocenters. The molecule has 0 atom stereocenters. The highest BCUT2D eigenvalue weighted by Gasteiger charge is 2.10. The van der Waals surface area contributed by atoms with E-state index in [9.17, 15) is 0 Å². The van der Waals surface area contributed by atoms with E-state index in [-0.39, 0.29) is 5.84 Å². The van der Waals surface area contributed by atoms with Crippen molar-refractivity contribution in [1.82, 2.24) is 9.78 Å². The lowest BCUT2D eigenvalue weighted by molar-refractivity contribution is 0.413. The number of aromatic nitrogens is 2. The van der Waals surface area contributed by atoms with E-state index >= 15 is 0 Å². The van der Waals surface area contributed by atoms with E-state index in [2.05, 4.69) is 18.9 Å².